The van der Waals surface area contributed by atoms with Crippen LogP contribution in [0.25, 0.3) is 0 Å². The first kappa shape index (κ1) is 18.3. The summed E-state index contributed by atoms with van der Waals surface area (Å²) in [7, 11) is -1.36. The Labute approximate surface area is 156 Å². The van der Waals surface area contributed by atoms with E-state index in [-0.39, 0.29) is 40.1 Å². The molecular formula is C17H16ClNO6S. The van der Waals surface area contributed by atoms with E-state index in [4.69, 9.17) is 25.8 Å². The van der Waals surface area contributed by atoms with E-state index in [0.29, 0.717) is 5.75 Å². The molecule has 26 heavy (non-hydrogen) atoms. The van der Waals surface area contributed by atoms with Gasteiger partial charge in [-0.05, 0) is 36.4 Å². The number of anilines is 1. The zero-order valence-corrected chi connectivity index (χ0v) is 15.6. The normalized spacial score (nSPS) is 13.6. The van der Waals surface area contributed by atoms with E-state index in [1.54, 1.807) is 12.1 Å². The van der Waals surface area contributed by atoms with E-state index < -0.39 is 16.0 Å². The number of esters is 1. The number of halogens is 1. The SMILES string of the molecule is COC(=O)c1ccc2c(c1)N(S(=O)(=O)c1cc(Cl)ccc1OC)CCO2. The maximum Gasteiger partial charge on any atom is 0.337 e. The fourth-order valence-electron chi connectivity index (χ4n) is 2.66. The molecule has 1 aliphatic heterocycles. The minimum Gasteiger partial charge on any atom is -0.495 e. The van der Waals surface area contributed by atoms with Gasteiger partial charge in [-0.25, -0.2) is 13.2 Å². The molecule has 138 valence electrons. The van der Waals surface area contributed by atoms with E-state index in [2.05, 4.69) is 0 Å². The van der Waals surface area contributed by atoms with Gasteiger partial charge in [0, 0.05) is 5.02 Å². The highest BCUT2D eigenvalue weighted by molar-refractivity contribution is 7.93. The molecule has 0 atom stereocenters. The highest BCUT2D eigenvalue weighted by Gasteiger charge is 2.33. The summed E-state index contributed by atoms with van der Waals surface area (Å²) in [4.78, 5) is 11.7. The van der Waals surface area contributed by atoms with Crippen LogP contribution in [0.4, 0.5) is 5.69 Å². The van der Waals surface area contributed by atoms with Crippen molar-refractivity contribution in [2.45, 2.75) is 4.90 Å². The van der Waals surface area contributed by atoms with Crippen LogP contribution in [0.5, 0.6) is 11.5 Å². The van der Waals surface area contributed by atoms with E-state index in [9.17, 15) is 13.2 Å². The van der Waals surface area contributed by atoms with Gasteiger partial charge in [0.25, 0.3) is 10.0 Å². The van der Waals surface area contributed by atoms with Crippen molar-refractivity contribution < 1.29 is 27.4 Å². The number of benzene rings is 2. The minimum absolute atomic E-state index is 0.0659. The van der Waals surface area contributed by atoms with E-state index in [1.807, 2.05) is 0 Å². The molecule has 0 N–H and O–H groups in total. The average Bonchev–Trinajstić information content (AvgIpc) is 2.66. The summed E-state index contributed by atoms with van der Waals surface area (Å²) in [5, 5.41) is 0.265. The van der Waals surface area contributed by atoms with Gasteiger partial charge < -0.3 is 14.2 Å². The standard InChI is InChI=1S/C17H16ClNO6S/c1-23-15-6-4-12(18)10-16(15)26(21,22)19-7-8-25-14-5-3-11(9-13(14)19)17(20)24-2/h3-6,9-10H,7-8H2,1-2H3. The molecule has 0 radical (unpaired) electrons. The summed E-state index contributed by atoms with van der Waals surface area (Å²) in [6.07, 6.45) is 0. The van der Waals surface area contributed by atoms with Crippen LogP contribution in [0.15, 0.2) is 41.3 Å². The number of hydrogen-bond donors (Lipinski definition) is 0. The van der Waals surface area contributed by atoms with E-state index >= 15 is 0 Å². The lowest BCUT2D eigenvalue weighted by atomic mass is 10.1. The summed E-state index contributed by atoms with van der Waals surface area (Å²) >= 11 is 5.98. The molecule has 9 heteroatoms. The zero-order chi connectivity index (χ0) is 18.9. The summed E-state index contributed by atoms with van der Waals surface area (Å²) in [5.41, 5.74) is 0.469. The summed E-state index contributed by atoms with van der Waals surface area (Å²) in [6.45, 7) is 0.252. The van der Waals surface area contributed by atoms with Crippen LogP contribution in [0.1, 0.15) is 10.4 Å². The van der Waals surface area contributed by atoms with Crippen LogP contribution in [0.2, 0.25) is 5.02 Å². The number of sulfonamides is 1. The Balaban J connectivity index is 2.14. The van der Waals surface area contributed by atoms with Gasteiger partial charge in [0.1, 0.15) is 23.0 Å². The lowest BCUT2D eigenvalue weighted by molar-refractivity contribution is 0.0600. The molecule has 7 nitrogen and oxygen atoms in total. The first-order chi connectivity index (χ1) is 12.4. The lowest BCUT2D eigenvalue weighted by Crippen LogP contribution is -2.38. The van der Waals surface area contributed by atoms with Crippen LogP contribution in [0, 0.1) is 0 Å². The lowest BCUT2D eigenvalue weighted by Gasteiger charge is -2.31. The van der Waals surface area contributed by atoms with Crippen LogP contribution < -0.4 is 13.8 Å². The van der Waals surface area contributed by atoms with Gasteiger partial charge in [-0.2, -0.15) is 0 Å². The van der Waals surface area contributed by atoms with Crippen molar-refractivity contribution in [1.29, 1.82) is 0 Å². The fourth-order valence-corrected chi connectivity index (χ4v) is 4.53. The molecule has 0 aromatic heterocycles. The smallest absolute Gasteiger partial charge is 0.337 e. The molecule has 1 aliphatic rings. The van der Waals surface area contributed by atoms with Crippen LogP contribution in [-0.4, -0.2) is 41.8 Å². The second-order valence-electron chi connectivity index (χ2n) is 5.39. The van der Waals surface area contributed by atoms with Gasteiger partial charge in [0.2, 0.25) is 0 Å². The van der Waals surface area contributed by atoms with Crippen LogP contribution in [0.3, 0.4) is 0 Å². The number of carbonyl (C=O) groups excluding carboxylic acids is 1. The predicted octanol–water partition coefficient (Wildman–Crippen LogP) is 2.72. The molecular weight excluding hydrogens is 382 g/mol. The first-order valence-electron chi connectivity index (χ1n) is 7.60. The molecule has 3 rings (SSSR count). The third-order valence-electron chi connectivity index (χ3n) is 3.89. The second-order valence-corrected chi connectivity index (χ2v) is 7.66. The van der Waals surface area contributed by atoms with Crippen molar-refractivity contribution in [3.05, 3.63) is 47.0 Å². The number of ether oxygens (including phenoxy) is 3. The van der Waals surface area contributed by atoms with Gasteiger partial charge in [0.05, 0.1) is 32.0 Å². The Morgan fingerprint density at radius 1 is 1.19 bits per heavy atom. The number of nitrogens with zero attached hydrogens (tertiary/aromatic N) is 1. The van der Waals surface area contributed by atoms with Crippen molar-refractivity contribution in [1.82, 2.24) is 0 Å². The molecule has 0 fully saturated rings. The maximum absolute atomic E-state index is 13.2. The van der Waals surface area contributed by atoms with Gasteiger partial charge in [0.15, 0.2) is 0 Å². The largest absolute Gasteiger partial charge is 0.495 e. The topological polar surface area (TPSA) is 82.1 Å². The predicted molar refractivity (Wildman–Crippen MR) is 95.8 cm³/mol. The second kappa shape index (κ2) is 7.05. The van der Waals surface area contributed by atoms with Crippen molar-refractivity contribution >= 4 is 33.3 Å². The Bertz CT molecular complexity index is 960. The van der Waals surface area contributed by atoms with Crippen LogP contribution >= 0.6 is 11.6 Å². The van der Waals surface area contributed by atoms with E-state index in [0.717, 1.165) is 0 Å². The Hall–Kier alpha value is -2.45. The van der Waals surface area contributed by atoms with Crippen molar-refractivity contribution in [3.8, 4) is 11.5 Å². The maximum atomic E-state index is 13.2. The number of hydrogen-bond acceptors (Lipinski definition) is 6. The molecule has 0 saturated heterocycles. The summed E-state index contributed by atoms with van der Waals surface area (Å²) < 4.78 is 43.1. The molecule has 2 aromatic rings. The molecule has 0 amide bonds. The van der Waals surface area contributed by atoms with Gasteiger partial charge in [-0.15, -0.1) is 0 Å². The quantitative estimate of drug-likeness (QED) is 0.738. The third-order valence-corrected chi connectivity index (χ3v) is 5.96. The van der Waals surface area contributed by atoms with Gasteiger partial charge in [-0.1, -0.05) is 11.6 Å². The molecule has 0 bridgehead atoms. The van der Waals surface area contributed by atoms with Gasteiger partial charge >= 0.3 is 5.97 Å². The van der Waals surface area contributed by atoms with Crippen molar-refractivity contribution in [3.63, 3.8) is 0 Å². The Morgan fingerprint density at radius 3 is 2.65 bits per heavy atom. The number of methoxy groups -OCH3 is 2. The Morgan fingerprint density at radius 2 is 1.96 bits per heavy atom. The van der Waals surface area contributed by atoms with Crippen molar-refractivity contribution in [2.24, 2.45) is 0 Å². The van der Waals surface area contributed by atoms with Crippen LogP contribution in [-0.2, 0) is 14.8 Å². The first-order valence-corrected chi connectivity index (χ1v) is 9.41. The summed E-state index contributed by atoms with van der Waals surface area (Å²) in [6, 6.07) is 8.84. The highest BCUT2D eigenvalue weighted by atomic mass is 35.5. The molecule has 0 spiro atoms. The fraction of sp³-hybridized carbons (Fsp3) is 0.235. The molecule has 0 saturated carbocycles. The molecule has 1 heterocycles. The molecule has 0 aliphatic carbocycles. The number of rotatable bonds is 4. The highest BCUT2D eigenvalue weighted by Crippen LogP contribution is 2.38. The third kappa shape index (κ3) is 3.17. The molecule has 2 aromatic carbocycles. The number of fused-ring (bicyclic) bond motifs is 1. The van der Waals surface area contributed by atoms with Crippen molar-refractivity contribution in [2.75, 3.05) is 31.7 Å². The zero-order valence-electron chi connectivity index (χ0n) is 14.1. The average molecular weight is 398 g/mol. The summed E-state index contributed by atoms with van der Waals surface area (Å²) in [5.74, 6) is -0.0453. The number of carbonyl (C=O) groups is 1. The minimum atomic E-state index is -4.00. The van der Waals surface area contributed by atoms with Gasteiger partial charge in [-0.3, -0.25) is 4.31 Å². The van der Waals surface area contributed by atoms with E-state index in [1.165, 1.54) is 42.8 Å². The molecule has 0 unspecified atom stereocenters. The Kier molecular flexibility index (Phi) is 4.97. The monoisotopic (exact) mass is 397 g/mol.